The fourth-order valence-corrected chi connectivity index (χ4v) is 6.53. The van der Waals surface area contributed by atoms with Crippen molar-refractivity contribution in [1.29, 1.82) is 5.26 Å². The summed E-state index contributed by atoms with van der Waals surface area (Å²) in [5.74, 6) is 2.46. The highest BCUT2D eigenvalue weighted by molar-refractivity contribution is 5.78. The zero-order valence-electron chi connectivity index (χ0n) is 23.1. The standard InChI is InChI=1S/C29H34N10O2/c1-18(12-30)33-24-11-28(31-14-26(24)38-16-25(35-36-38)20-4-2-19(3-5-20)8-9-40)39-29-21(13-32-39)6-7-27(34-29)37-15-23-10-22(37)17-41-23/h6-7,11,13-14,16,18-20,22-23,40H,2-5,8-10,15,17H2,1H3,(H,31,33)/t18?,19?,20?,22-,23-/m1/s1. The highest BCUT2D eigenvalue weighted by atomic mass is 16.5. The van der Waals surface area contributed by atoms with Crippen molar-refractivity contribution in [1.82, 2.24) is 34.7 Å². The average molecular weight is 555 g/mol. The Morgan fingerprint density at radius 1 is 1.20 bits per heavy atom. The second kappa shape index (κ2) is 10.7. The van der Waals surface area contributed by atoms with Crippen LogP contribution in [0, 0.1) is 17.2 Å². The number of nitrogens with one attached hydrogen (secondary N) is 1. The molecule has 3 aliphatic rings. The summed E-state index contributed by atoms with van der Waals surface area (Å²) in [5.41, 5.74) is 3.11. The maximum absolute atomic E-state index is 9.55. The largest absolute Gasteiger partial charge is 0.396 e. The lowest BCUT2D eigenvalue weighted by Crippen LogP contribution is -2.37. The summed E-state index contributed by atoms with van der Waals surface area (Å²) in [5, 5.41) is 36.6. The van der Waals surface area contributed by atoms with Crippen LogP contribution in [0.25, 0.3) is 22.5 Å². The van der Waals surface area contributed by atoms with E-state index < -0.39 is 6.04 Å². The lowest BCUT2D eigenvalue weighted by molar-refractivity contribution is 0.0989. The summed E-state index contributed by atoms with van der Waals surface area (Å²) in [6, 6.07) is 8.18. The molecular formula is C29H34N10O2. The maximum Gasteiger partial charge on any atom is 0.167 e. The third-order valence-electron chi connectivity index (χ3n) is 8.81. The van der Waals surface area contributed by atoms with Gasteiger partial charge in [-0.05, 0) is 63.5 Å². The van der Waals surface area contributed by atoms with Gasteiger partial charge >= 0.3 is 0 Å². The van der Waals surface area contributed by atoms with Crippen LogP contribution >= 0.6 is 0 Å². The number of morpholine rings is 1. The Morgan fingerprint density at radius 2 is 2.07 bits per heavy atom. The molecule has 0 aromatic carbocycles. The van der Waals surface area contributed by atoms with Crippen molar-refractivity contribution < 1.29 is 9.84 Å². The van der Waals surface area contributed by atoms with Gasteiger partial charge in [0.1, 0.15) is 17.5 Å². The predicted octanol–water partition coefficient (Wildman–Crippen LogP) is 3.35. The summed E-state index contributed by atoms with van der Waals surface area (Å²) >= 11 is 0. The van der Waals surface area contributed by atoms with Crippen LogP contribution in [0.5, 0.6) is 0 Å². The number of rotatable bonds is 8. The van der Waals surface area contributed by atoms with Crippen molar-refractivity contribution in [3.05, 3.63) is 42.5 Å². The molecule has 12 heteroatoms. The number of aliphatic hydroxyl groups is 1. The minimum atomic E-state index is -0.430. The molecule has 2 aliphatic heterocycles. The van der Waals surface area contributed by atoms with E-state index in [1.807, 2.05) is 25.3 Å². The number of ether oxygens (including phenoxy) is 1. The van der Waals surface area contributed by atoms with Gasteiger partial charge in [0.05, 0.1) is 54.8 Å². The molecule has 4 aromatic heterocycles. The molecule has 2 N–H and O–H groups in total. The molecule has 1 unspecified atom stereocenters. The van der Waals surface area contributed by atoms with Crippen LogP contribution in [-0.4, -0.2) is 77.8 Å². The van der Waals surface area contributed by atoms with Crippen LogP contribution < -0.4 is 10.2 Å². The lowest BCUT2D eigenvalue weighted by Gasteiger charge is -2.27. The summed E-state index contributed by atoms with van der Waals surface area (Å²) in [4.78, 5) is 12.1. The van der Waals surface area contributed by atoms with E-state index in [4.69, 9.17) is 14.7 Å². The average Bonchev–Trinajstić information content (AvgIpc) is 3.82. The Bertz CT molecular complexity index is 1580. The van der Waals surface area contributed by atoms with Crippen LogP contribution in [0.15, 0.2) is 36.8 Å². The number of aromatic nitrogens is 7. The maximum atomic E-state index is 9.55. The Balaban J connectivity index is 1.19. The molecule has 6 heterocycles. The first-order valence-corrected chi connectivity index (χ1v) is 14.5. The van der Waals surface area contributed by atoms with Gasteiger partial charge in [0.15, 0.2) is 11.5 Å². The van der Waals surface area contributed by atoms with Crippen LogP contribution in [0.3, 0.4) is 0 Å². The lowest BCUT2D eigenvalue weighted by atomic mass is 9.79. The van der Waals surface area contributed by atoms with Crippen molar-refractivity contribution in [2.24, 2.45) is 5.92 Å². The Morgan fingerprint density at radius 3 is 2.83 bits per heavy atom. The molecule has 0 amide bonds. The number of hydrogen-bond acceptors (Lipinski definition) is 10. The van der Waals surface area contributed by atoms with Crippen LogP contribution in [0.2, 0.25) is 0 Å². The molecule has 1 aliphatic carbocycles. The molecule has 41 heavy (non-hydrogen) atoms. The quantitative estimate of drug-likeness (QED) is 0.333. The summed E-state index contributed by atoms with van der Waals surface area (Å²) in [6.45, 7) is 3.67. The number of anilines is 2. The Labute approximate surface area is 238 Å². The van der Waals surface area contributed by atoms with E-state index in [0.717, 1.165) is 74.2 Å². The number of pyridine rings is 2. The van der Waals surface area contributed by atoms with E-state index in [2.05, 4.69) is 37.8 Å². The number of hydrogen-bond donors (Lipinski definition) is 2. The zero-order valence-corrected chi connectivity index (χ0v) is 23.1. The van der Waals surface area contributed by atoms with Crippen LogP contribution in [-0.2, 0) is 4.74 Å². The van der Waals surface area contributed by atoms with E-state index in [1.54, 1.807) is 21.8 Å². The molecule has 0 spiro atoms. The van der Waals surface area contributed by atoms with Gasteiger partial charge in [-0.15, -0.1) is 5.10 Å². The highest BCUT2D eigenvalue weighted by Gasteiger charge is 2.39. The summed E-state index contributed by atoms with van der Waals surface area (Å²) < 4.78 is 9.25. The minimum Gasteiger partial charge on any atom is -0.396 e. The first kappa shape index (κ1) is 25.9. The number of nitrogens with zero attached hydrogens (tertiary/aromatic N) is 9. The molecule has 2 bridgehead atoms. The van der Waals surface area contributed by atoms with Gasteiger partial charge in [-0.2, -0.15) is 15.0 Å². The fraction of sp³-hybridized carbons (Fsp3) is 0.517. The first-order valence-electron chi connectivity index (χ1n) is 14.5. The molecule has 2 saturated heterocycles. The van der Waals surface area contributed by atoms with Crippen LogP contribution in [0.1, 0.15) is 57.1 Å². The SMILES string of the molecule is CC(C#N)Nc1cc(-n2ncc3ccc(N4C[C@H]5C[C@@H]4CO5)nc32)ncc1-n1cc(C2CCC(CCO)CC2)nn1. The third-order valence-corrected chi connectivity index (χ3v) is 8.81. The Hall–Kier alpha value is -4.08. The molecular weight excluding hydrogens is 520 g/mol. The Kier molecular flexibility index (Phi) is 6.76. The van der Waals surface area contributed by atoms with E-state index in [0.29, 0.717) is 35.1 Å². The van der Waals surface area contributed by atoms with Gasteiger partial charge < -0.3 is 20.1 Å². The smallest absolute Gasteiger partial charge is 0.167 e. The van der Waals surface area contributed by atoms with Crippen LogP contribution in [0.4, 0.5) is 11.5 Å². The number of fused-ring (bicyclic) bond motifs is 3. The highest BCUT2D eigenvalue weighted by Crippen LogP contribution is 2.37. The molecule has 0 radical (unpaired) electrons. The minimum absolute atomic E-state index is 0.256. The fourth-order valence-electron chi connectivity index (χ4n) is 6.53. The van der Waals surface area contributed by atoms with Crippen molar-refractivity contribution in [2.45, 2.75) is 69.6 Å². The molecule has 7 rings (SSSR count). The van der Waals surface area contributed by atoms with Gasteiger partial charge in [0, 0.05) is 30.5 Å². The molecule has 212 valence electrons. The van der Waals surface area contributed by atoms with E-state index in [1.165, 1.54) is 0 Å². The van der Waals surface area contributed by atoms with Crippen molar-refractivity contribution in [3.8, 4) is 17.6 Å². The molecule has 3 atom stereocenters. The van der Waals surface area contributed by atoms with Crippen molar-refractivity contribution in [2.75, 3.05) is 30.0 Å². The second-order valence-electron chi connectivity index (χ2n) is 11.5. The van der Waals surface area contributed by atoms with E-state index in [-0.39, 0.29) is 12.7 Å². The van der Waals surface area contributed by atoms with Crippen molar-refractivity contribution >= 4 is 22.5 Å². The van der Waals surface area contributed by atoms with Gasteiger partial charge in [-0.3, -0.25) is 0 Å². The summed E-state index contributed by atoms with van der Waals surface area (Å²) in [7, 11) is 0. The number of aliphatic hydroxyl groups excluding tert-OH is 1. The molecule has 1 saturated carbocycles. The molecule has 12 nitrogen and oxygen atoms in total. The normalized spacial score (nSPS) is 24.6. The van der Waals surface area contributed by atoms with E-state index in [9.17, 15) is 10.4 Å². The van der Waals surface area contributed by atoms with Crippen molar-refractivity contribution in [3.63, 3.8) is 0 Å². The van der Waals surface area contributed by atoms with Gasteiger partial charge in [0.2, 0.25) is 0 Å². The summed E-state index contributed by atoms with van der Waals surface area (Å²) in [6.07, 6.45) is 12.0. The zero-order chi connectivity index (χ0) is 27.9. The topological polar surface area (TPSA) is 143 Å². The third kappa shape index (κ3) is 4.89. The van der Waals surface area contributed by atoms with Gasteiger partial charge in [-0.1, -0.05) is 5.21 Å². The van der Waals surface area contributed by atoms with E-state index >= 15 is 0 Å². The first-order chi connectivity index (χ1) is 20.1. The van der Waals surface area contributed by atoms with Gasteiger partial charge in [0.25, 0.3) is 0 Å². The van der Waals surface area contributed by atoms with Gasteiger partial charge in [-0.25, -0.2) is 14.6 Å². The monoisotopic (exact) mass is 554 g/mol. The predicted molar refractivity (Wildman–Crippen MR) is 152 cm³/mol. The second-order valence-corrected chi connectivity index (χ2v) is 11.5. The molecule has 4 aromatic rings. The molecule has 3 fully saturated rings. The number of nitriles is 1.